The summed E-state index contributed by atoms with van der Waals surface area (Å²) in [6.07, 6.45) is 0.742. The first-order chi connectivity index (χ1) is 13.7. The molecule has 10 heteroatoms. The molecule has 0 atom stereocenters. The number of carbonyl (C=O) groups is 1. The Hall–Kier alpha value is -1.51. The number of benzene rings is 2. The number of halogens is 3. The average molecular weight is 478 g/mol. The molecule has 1 fully saturated rings. The van der Waals surface area contributed by atoms with Gasteiger partial charge in [-0.2, -0.15) is 4.31 Å². The minimum atomic E-state index is -3.80. The molecule has 0 bridgehead atoms. The van der Waals surface area contributed by atoms with Crippen LogP contribution in [0.4, 0.5) is 5.69 Å². The lowest BCUT2D eigenvalue weighted by Gasteiger charge is -2.31. The smallest absolute Gasteiger partial charge is 0.246 e. The van der Waals surface area contributed by atoms with E-state index in [2.05, 4.69) is 5.32 Å². The highest BCUT2D eigenvalue weighted by Gasteiger charge is 2.34. The molecule has 0 aliphatic carbocycles. The number of rotatable bonds is 5. The Kier molecular flexibility index (Phi) is 6.96. The van der Waals surface area contributed by atoms with Gasteiger partial charge < -0.3 is 10.1 Å². The van der Waals surface area contributed by atoms with Crippen molar-refractivity contribution in [1.82, 2.24) is 4.31 Å². The third-order valence-corrected chi connectivity index (χ3v) is 7.56. The van der Waals surface area contributed by atoms with Crippen molar-refractivity contribution in [3.63, 3.8) is 0 Å². The van der Waals surface area contributed by atoms with Crippen LogP contribution in [0, 0.1) is 5.92 Å². The van der Waals surface area contributed by atoms with E-state index in [4.69, 9.17) is 39.5 Å². The number of carbonyl (C=O) groups excluding carboxylic acids is 1. The van der Waals surface area contributed by atoms with Crippen LogP contribution < -0.4 is 10.1 Å². The van der Waals surface area contributed by atoms with Gasteiger partial charge in [0.25, 0.3) is 0 Å². The molecule has 0 radical (unpaired) electrons. The minimum absolute atomic E-state index is 0.0123. The van der Waals surface area contributed by atoms with E-state index < -0.39 is 10.0 Å². The van der Waals surface area contributed by atoms with Crippen LogP contribution in [-0.2, 0) is 14.8 Å². The van der Waals surface area contributed by atoms with Gasteiger partial charge in [-0.25, -0.2) is 8.42 Å². The molecule has 2 aromatic rings. The number of methoxy groups -OCH3 is 1. The highest BCUT2D eigenvalue weighted by molar-refractivity contribution is 7.89. The van der Waals surface area contributed by atoms with E-state index in [1.165, 1.54) is 23.5 Å². The Morgan fingerprint density at radius 2 is 1.72 bits per heavy atom. The van der Waals surface area contributed by atoms with Crippen LogP contribution in [0.15, 0.2) is 41.3 Å². The van der Waals surface area contributed by atoms with E-state index in [9.17, 15) is 13.2 Å². The van der Waals surface area contributed by atoms with Crippen LogP contribution in [0.5, 0.6) is 5.75 Å². The summed E-state index contributed by atoms with van der Waals surface area (Å²) < 4.78 is 32.6. The van der Waals surface area contributed by atoms with Crippen molar-refractivity contribution in [3.05, 3.63) is 51.5 Å². The molecule has 29 heavy (non-hydrogen) atoms. The summed E-state index contributed by atoms with van der Waals surface area (Å²) in [5.74, 6) is -0.366. The van der Waals surface area contributed by atoms with E-state index in [-0.39, 0.29) is 35.6 Å². The summed E-state index contributed by atoms with van der Waals surface area (Å²) in [5, 5.41) is 3.74. The van der Waals surface area contributed by atoms with Gasteiger partial charge in [0.1, 0.15) is 10.6 Å². The maximum absolute atomic E-state index is 13.0. The van der Waals surface area contributed by atoms with Gasteiger partial charge in [0.2, 0.25) is 15.9 Å². The fourth-order valence-corrected chi connectivity index (χ4v) is 5.57. The molecule has 1 N–H and O–H groups in total. The summed E-state index contributed by atoms with van der Waals surface area (Å²) in [4.78, 5) is 12.6. The summed E-state index contributed by atoms with van der Waals surface area (Å²) >= 11 is 18.2. The summed E-state index contributed by atoms with van der Waals surface area (Å²) in [6, 6.07) is 9.41. The Morgan fingerprint density at radius 1 is 1.10 bits per heavy atom. The second-order valence-corrected chi connectivity index (χ2v) is 9.72. The number of hydrogen-bond acceptors (Lipinski definition) is 4. The molecular formula is C19H19Cl3N2O4S. The SMILES string of the molecule is COc1ccc(Cl)cc1S(=O)(=O)N1CCC(C(=O)Nc2c(Cl)cccc2Cl)CC1. The van der Waals surface area contributed by atoms with Crippen LogP contribution in [0.1, 0.15) is 12.8 Å². The predicted octanol–water partition coefficient (Wildman–Crippen LogP) is 4.69. The van der Waals surface area contributed by atoms with Gasteiger partial charge in [0, 0.05) is 24.0 Å². The molecular weight excluding hydrogens is 459 g/mol. The van der Waals surface area contributed by atoms with Gasteiger partial charge >= 0.3 is 0 Å². The minimum Gasteiger partial charge on any atom is -0.495 e. The van der Waals surface area contributed by atoms with Crippen molar-refractivity contribution in [2.45, 2.75) is 17.7 Å². The fourth-order valence-electron chi connectivity index (χ4n) is 3.19. The topological polar surface area (TPSA) is 75.7 Å². The van der Waals surface area contributed by atoms with Crippen LogP contribution in [0.25, 0.3) is 0 Å². The van der Waals surface area contributed by atoms with Crippen molar-refractivity contribution in [3.8, 4) is 5.75 Å². The third kappa shape index (κ3) is 4.81. The van der Waals surface area contributed by atoms with Gasteiger partial charge in [0.05, 0.1) is 22.8 Å². The lowest BCUT2D eigenvalue weighted by atomic mass is 9.97. The molecule has 1 heterocycles. The van der Waals surface area contributed by atoms with E-state index in [0.717, 1.165) is 0 Å². The molecule has 156 valence electrons. The largest absolute Gasteiger partial charge is 0.495 e. The third-order valence-electron chi connectivity index (χ3n) is 4.78. The number of sulfonamides is 1. The summed E-state index contributed by atoms with van der Waals surface area (Å²) in [6.45, 7) is 0.401. The molecule has 1 saturated heterocycles. The zero-order valence-electron chi connectivity index (χ0n) is 15.5. The van der Waals surface area contributed by atoms with Gasteiger partial charge in [-0.15, -0.1) is 0 Å². The maximum atomic E-state index is 13.0. The van der Waals surface area contributed by atoms with Crippen LogP contribution in [0.2, 0.25) is 15.1 Å². The van der Waals surface area contributed by atoms with E-state index >= 15 is 0 Å². The number of ether oxygens (including phenoxy) is 1. The Balaban J connectivity index is 1.70. The summed E-state index contributed by atoms with van der Waals surface area (Å²) in [5.41, 5.74) is 0.361. The zero-order valence-corrected chi connectivity index (χ0v) is 18.6. The van der Waals surface area contributed by atoms with E-state index in [0.29, 0.717) is 33.6 Å². The lowest BCUT2D eigenvalue weighted by Crippen LogP contribution is -2.41. The monoisotopic (exact) mass is 476 g/mol. The second-order valence-electron chi connectivity index (χ2n) is 6.56. The van der Waals surface area contributed by atoms with Crippen LogP contribution in [-0.4, -0.2) is 38.8 Å². The Bertz CT molecular complexity index is 1000. The molecule has 1 aliphatic heterocycles. The Morgan fingerprint density at radius 3 is 2.31 bits per heavy atom. The molecule has 2 aromatic carbocycles. The number of para-hydroxylation sites is 1. The molecule has 1 aliphatic rings. The Labute approximate surface area is 184 Å². The molecule has 0 unspecified atom stereocenters. The summed E-state index contributed by atoms with van der Waals surface area (Å²) in [7, 11) is -2.40. The average Bonchev–Trinajstić information content (AvgIpc) is 2.70. The van der Waals surface area contributed by atoms with Crippen molar-refractivity contribution >= 4 is 56.4 Å². The van der Waals surface area contributed by atoms with E-state index in [1.54, 1.807) is 24.3 Å². The number of nitrogens with zero attached hydrogens (tertiary/aromatic N) is 1. The number of nitrogens with one attached hydrogen (secondary N) is 1. The zero-order chi connectivity index (χ0) is 21.2. The molecule has 0 aromatic heterocycles. The molecule has 0 spiro atoms. The van der Waals surface area contributed by atoms with Gasteiger partial charge in [-0.1, -0.05) is 40.9 Å². The maximum Gasteiger partial charge on any atom is 0.246 e. The van der Waals surface area contributed by atoms with Crippen LogP contribution in [0.3, 0.4) is 0 Å². The molecule has 6 nitrogen and oxygen atoms in total. The molecule has 0 saturated carbocycles. The predicted molar refractivity (Wildman–Crippen MR) is 115 cm³/mol. The fraction of sp³-hybridized carbons (Fsp3) is 0.316. The van der Waals surface area contributed by atoms with Gasteiger partial charge in [-0.05, 0) is 43.2 Å². The number of piperidine rings is 1. The van der Waals surface area contributed by atoms with Crippen molar-refractivity contribution < 1.29 is 17.9 Å². The van der Waals surface area contributed by atoms with Gasteiger partial charge in [-0.3, -0.25) is 4.79 Å². The highest BCUT2D eigenvalue weighted by atomic mass is 35.5. The van der Waals surface area contributed by atoms with Crippen molar-refractivity contribution in [1.29, 1.82) is 0 Å². The van der Waals surface area contributed by atoms with Gasteiger partial charge in [0.15, 0.2) is 0 Å². The first kappa shape index (κ1) is 22.2. The molecule has 1 amide bonds. The number of amides is 1. The van der Waals surface area contributed by atoms with Crippen molar-refractivity contribution in [2.75, 3.05) is 25.5 Å². The standard InChI is InChI=1S/C19H19Cl3N2O4S/c1-28-16-6-5-13(20)11-17(16)29(26,27)24-9-7-12(8-10-24)19(25)23-18-14(21)3-2-4-15(18)22/h2-6,11-12H,7-10H2,1H3,(H,23,25). The van der Waals surface area contributed by atoms with Crippen LogP contribution >= 0.6 is 34.8 Å². The highest BCUT2D eigenvalue weighted by Crippen LogP contribution is 2.33. The first-order valence-corrected chi connectivity index (χ1v) is 11.4. The normalized spacial score (nSPS) is 15.9. The lowest BCUT2D eigenvalue weighted by molar-refractivity contribution is -0.120. The van der Waals surface area contributed by atoms with Crippen molar-refractivity contribution in [2.24, 2.45) is 5.92 Å². The molecule has 3 rings (SSSR count). The number of hydrogen-bond donors (Lipinski definition) is 1. The number of anilines is 1. The quantitative estimate of drug-likeness (QED) is 0.677. The van der Waals surface area contributed by atoms with E-state index in [1.807, 2.05) is 0 Å². The second kappa shape index (κ2) is 9.10. The first-order valence-electron chi connectivity index (χ1n) is 8.82.